The third-order valence-corrected chi connectivity index (χ3v) is 2.65. The van der Waals surface area contributed by atoms with Gasteiger partial charge in [-0.2, -0.15) is 0 Å². The fourth-order valence-corrected chi connectivity index (χ4v) is 1.76. The molecule has 2 heteroatoms. The average Bonchev–Trinajstić information content (AvgIpc) is 2.95. The second kappa shape index (κ2) is 3.82. The van der Waals surface area contributed by atoms with Gasteiger partial charge in [0.1, 0.15) is 0 Å². The number of rotatable bonds is 3. The molecule has 0 radical (unpaired) electrons. The highest BCUT2D eigenvalue weighted by Gasteiger charge is 2.38. The molecule has 1 aliphatic rings. The Kier molecular flexibility index (Phi) is 2.53. The van der Waals surface area contributed by atoms with Crippen LogP contribution in [0.1, 0.15) is 24.8 Å². The van der Waals surface area contributed by atoms with Crippen molar-refractivity contribution >= 4 is 5.97 Å². The first-order valence-electron chi connectivity index (χ1n) is 4.95. The maximum Gasteiger partial charge on any atom is 0.302 e. The minimum absolute atomic E-state index is 0.177. The standard InChI is InChI=1S/C12H14O2/c1-9(13)14-8-11-7-12(11)10-5-3-2-4-6-10/h2-6,11-12H,7-8H2,1H3/t11-,12-/m1/s1. The number of esters is 1. The molecular weight excluding hydrogens is 176 g/mol. The highest BCUT2D eigenvalue weighted by molar-refractivity contribution is 5.65. The molecule has 0 amide bonds. The van der Waals surface area contributed by atoms with Crippen molar-refractivity contribution < 1.29 is 9.53 Å². The van der Waals surface area contributed by atoms with E-state index in [-0.39, 0.29) is 5.97 Å². The van der Waals surface area contributed by atoms with Crippen molar-refractivity contribution in [2.24, 2.45) is 5.92 Å². The SMILES string of the molecule is CC(=O)OC[C@H]1C[C@@H]1c1ccccc1. The van der Waals surface area contributed by atoms with E-state index in [1.165, 1.54) is 12.5 Å². The lowest BCUT2D eigenvalue weighted by atomic mass is 10.1. The van der Waals surface area contributed by atoms with E-state index >= 15 is 0 Å². The van der Waals surface area contributed by atoms with E-state index in [2.05, 4.69) is 24.3 Å². The van der Waals surface area contributed by atoms with Gasteiger partial charge < -0.3 is 4.74 Å². The van der Waals surface area contributed by atoms with Gasteiger partial charge in [0, 0.05) is 12.8 Å². The third-order valence-electron chi connectivity index (χ3n) is 2.65. The molecule has 0 spiro atoms. The Morgan fingerprint density at radius 3 is 2.79 bits per heavy atom. The van der Waals surface area contributed by atoms with Crippen molar-refractivity contribution in [1.29, 1.82) is 0 Å². The molecule has 0 saturated heterocycles. The van der Waals surface area contributed by atoms with Crippen LogP contribution in [0.4, 0.5) is 0 Å². The van der Waals surface area contributed by atoms with Gasteiger partial charge in [0.2, 0.25) is 0 Å². The van der Waals surface area contributed by atoms with E-state index < -0.39 is 0 Å². The monoisotopic (exact) mass is 190 g/mol. The largest absolute Gasteiger partial charge is 0.466 e. The minimum atomic E-state index is -0.177. The summed E-state index contributed by atoms with van der Waals surface area (Å²) >= 11 is 0. The Morgan fingerprint density at radius 2 is 2.14 bits per heavy atom. The minimum Gasteiger partial charge on any atom is -0.466 e. The summed E-state index contributed by atoms with van der Waals surface area (Å²) in [6.07, 6.45) is 1.15. The zero-order chi connectivity index (χ0) is 9.97. The summed E-state index contributed by atoms with van der Waals surface area (Å²) < 4.78 is 4.98. The van der Waals surface area contributed by atoms with Gasteiger partial charge in [-0.3, -0.25) is 4.79 Å². The maximum absolute atomic E-state index is 10.6. The fraction of sp³-hybridized carbons (Fsp3) is 0.417. The van der Waals surface area contributed by atoms with Gasteiger partial charge in [0.25, 0.3) is 0 Å². The van der Waals surface area contributed by atoms with Crippen LogP contribution < -0.4 is 0 Å². The van der Waals surface area contributed by atoms with Gasteiger partial charge in [-0.25, -0.2) is 0 Å². The first kappa shape index (κ1) is 9.25. The molecule has 1 saturated carbocycles. The molecule has 0 bridgehead atoms. The average molecular weight is 190 g/mol. The number of hydrogen-bond donors (Lipinski definition) is 0. The molecule has 2 atom stereocenters. The second-order valence-electron chi connectivity index (χ2n) is 3.82. The van der Waals surface area contributed by atoms with E-state index in [1.54, 1.807) is 0 Å². The van der Waals surface area contributed by atoms with E-state index in [4.69, 9.17) is 4.74 Å². The Hall–Kier alpha value is -1.31. The van der Waals surface area contributed by atoms with Gasteiger partial charge >= 0.3 is 5.97 Å². The molecule has 0 N–H and O–H groups in total. The molecule has 1 aromatic rings. The van der Waals surface area contributed by atoms with Crippen molar-refractivity contribution in [2.45, 2.75) is 19.3 Å². The lowest BCUT2D eigenvalue weighted by Crippen LogP contribution is -2.02. The summed E-state index contributed by atoms with van der Waals surface area (Å²) in [5.74, 6) is 0.973. The summed E-state index contributed by atoms with van der Waals surface area (Å²) in [6, 6.07) is 10.4. The lowest BCUT2D eigenvalue weighted by molar-refractivity contribution is -0.141. The zero-order valence-electron chi connectivity index (χ0n) is 8.27. The molecule has 1 aliphatic carbocycles. The first-order valence-corrected chi connectivity index (χ1v) is 4.95. The van der Waals surface area contributed by atoms with Crippen molar-refractivity contribution in [3.05, 3.63) is 35.9 Å². The van der Waals surface area contributed by atoms with Crippen LogP contribution in [0.2, 0.25) is 0 Å². The van der Waals surface area contributed by atoms with Crippen LogP contribution in [-0.4, -0.2) is 12.6 Å². The summed E-state index contributed by atoms with van der Waals surface area (Å²) in [6.45, 7) is 2.04. The van der Waals surface area contributed by atoms with Crippen LogP contribution in [-0.2, 0) is 9.53 Å². The molecule has 0 heterocycles. The quantitative estimate of drug-likeness (QED) is 0.684. The number of carbonyl (C=O) groups excluding carboxylic acids is 1. The van der Waals surface area contributed by atoms with E-state index in [1.807, 2.05) is 6.07 Å². The Labute approximate surface area is 83.9 Å². The second-order valence-corrected chi connectivity index (χ2v) is 3.82. The Bertz CT molecular complexity index is 318. The third kappa shape index (κ3) is 2.13. The molecule has 0 unspecified atom stereocenters. The summed E-state index contributed by atoms with van der Waals surface area (Å²) in [5.41, 5.74) is 1.37. The van der Waals surface area contributed by atoms with Gasteiger partial charge in [0.15, 0.2) is 0 Å². The normalized spacial score (nSPS) is 24.4. The Morgan fingerprint density at radius 1 is 1.43 bits per heavy atom. The molecule has 2 rings (SSSR count). The predicted molar refractivity (Wildman–Crippen MR) is 53.9 cm³/mol. The zero-order valence-corrected chi connectivity index (χ0v) is 8.27. The maximum atomic E-state index is 10.6. The van der Waals surface area contributed by atoms with Crippen LogP contribution in [0.25, 0.3) is 0 Å². The van der Waals surface area contributed by atoms with E-state index in [0.717, 1.165) is 6.42 Å². The van der Waals surface area contributed by atoms with Gasteiger partial charge in [-0.15, -0.1) is 0 Å². The lowest BCUT2D eigenvalue weighted by Gasteiger charge is -2.01. The smallest absolute Gasteiger partial charge is 0.302 e. The topological polar surface area (TPSA) is 26.3 Å². The molecular formula is C12H14O2. The molecule has 1 fully saturated rings. The molecule has 0 aliphatic heterocycles. The molecule has 1 aromatic carbocycles. The molecule has 74 valence electrons. The number of benzene rings is 1. The molecule has 2 nitrogen and oxygen atoms in total. The summed E-state index contributed by atoms with van der Waals surface area (Å²) in [4.78, 5) is 10.6. The summed E-state index contributed by atoms with van der Waals surface area (Å²) in [7, 11) is 0. The van der Waals surface area contributed by atoms with Crippen molar-refractivity contribution in [3.63, 3.8) is 0 Å². The molecule has 0 aromatic heterocycles. The van der Waals surface area contributed by atoms with E-state index in [9.17, 15) is 4.79 Å². The van der Waals surface area contributed by atoms with Crippen LogP contribution in [0.5, 0.6) is 0 Å². The Balaban J connectivity index is 1.85. The van der Waals surface area contributed by atoms with Crippen molar-refractivity contribution in [3.8, 4) is 0 Å². The van der Waals surface area contributed by atoms with Gasteiger partial charge in [-0.05, 0) is 17.9 Å². The van der Waals surface area contributed by atoms with E-state index in [0.29, 0.717) is 18.4 Å². The predicted octanol–water partition coefficient (Wildman–Crippen LogP) is 2.35. The number of ether oxygens (including phenoxy) is 1. The fourth-order valence-electron chi connectivity index (χ4n) is 1.76. The van der Waals surface area contributed by atoms with Crippen LogP contribution in [0, 0.1) is 5.92 Å². The first-order chi connectivity index (χ1) is 6.77. The number of hydrogen-bond acceptors (Lipinski definition) is 2. The van der Waals surface area contributed by atoms with Gasteiger partial charge in [-0.1, -0.05) is 30.3 Å². The molecule has 14 heavy (non-hydrogen) atoms. The van der Waals surface area contributed by atoms with Crippen molar-refractivity contribution in [1.82, 2.24) is 0 Å². The van der Waals surface area contributed by atoms with Crippen molar-refractivity contribution in [2.75, 3.05) is 6.61 Å². The van der Waals surface area contributed by atoms with Crippen LogP contribution in [0.15, 0.2) is 30.3 Å². The summed E-state index contributed by atoms with van der Waals surface area (Å²) in [5, 5.41) is 0. The van der Waals surface area contributed by atoms with Crippen LogP contribution >= 0.6 is 0 Å². The van der Waals surface area contributed by atoms with Crippen LogP contribution in [0.3, 0.4) is 0 Å². The highest BCUT2D eigenvalue weighted by Crippen LogP contribution is 2.47. The number of carbonyl (C=O) groups is 1. The highest BCUT2D eigenvalue weighted by atomic mass is 16.5. The van der Waals surface area contributed by atoms with Gasteiger partial charge in [0.05, 0.1) is 6.61 Å².